The molecule has 0 N–H and O–H groups in total. The fraction of sp³-hybridized carbons (Fsp3) is 0.857. The van der Waals surface area contributed by atoms with Gasteiger partial charge in [-0.3, -0.25) is 4.79 Å². The third kappa shape index (κ3) is 2.39. The highest BCUT2D eigenvalue weighted by molar-refractivity contribution is 5.96. The molecule has 108 valence electrons. The van der Waals surface area contributed by atoms with Crippen LogP contribution in [0, 0.1) is 0 Å². The van der Waals surface area contributed by atoms with E-state index in [9.17, 15) is 48.7 Å². The highest BCUT2D eigenvalue weighted by Crippen LogP contribution is 2.44. The Morgan fingerprint density at radius 3 is 1.00 bits per heavy atom. The average molecular weight is 294 g/mol. The molecule has 0 spiro atoms. The summed E-state index contributed by atoms with van der Waals surface area (Å²) < 4.78 is 121. The van der Waals surface area contributed by atoms with Gasteiger partial charge in [-0.15, -0.1) is 0 Å². The molecule has 0 aromatic heterocycles. The molecule has 0 radical (unpaired) electrons. The van der Waals surface area contributed by atoms with Crippen LogP contribution in [-0.4, -0.2) is 42.8 Å². The molecule has 0 heterocycles. The van der Waals surface area contributed by atoms with Gasteiger partial charge in [-0.05, 0) is 0 Å². The first-order valence-electron chi connectivity index (χ1n) is 3.96. The van der Waals surface area contributed by atoms with Crippen LogP contribution in [0.1, 0.15) is 0 Å². The van der Waals surface area contributed by atoms with Crippen molar-refractivity contribution in [1.82, 2.24) is 0 Å². The van der Waals surface area contributed by atoms with Gasteiger partial charge in [0.15, 0.2) is 0 Å². The number of Topliss-reactive ketones (excluding diaryl/α,β-unsaturated/α-hetero) is 1. The summed E-state index contributed by atoms with van der Waals surface area (Å²) in [6.07, 6.45) is -12.9. The molecule has 0 aliphatic carbocycles. The number of carbonyl (C=O) groups excluding carboxylic acids is 1. The van der Waals surface area contributed by atoms with E-state index in [4.69, 9.17) is 0 Å². The summed E-state index contributed by atoms with van der Waals surface area (Å²) in [7, 11) is 0. The van der Waals surface area contributed by atoms with Gasteiger partial charge in [-0.1, -0.05) is 0 Å². The van der Waals surface area contributed by atoms with Crippen molar-refractivity contribution in [2.75, 3.05) is 13.3 Å². The van der Waals surface area contributed by atoms with Gasteiger partial charge in [-0.25, -0.2) is 17.6 Å². The maximum Gasteiger partial charge on any atom is 0.432 e. The molecule has 18 heavy (non-hydrogen) atoms. The molecule has 0 aliphatic rings. The molecule has 0 saturated carbocycles. The Labute approximate surface area is 92.7 Å². The molecule has 0 amide bonds. The van der Waals surface area contributed by atoms with Crippen LogP contribution in [0.15, 0.2) is 0 Å². The maximum absolute atomic E-state index is 12.9. The largest absolute Gasteiger partial charge is 0.432 e. The third-order valence-corrected chi connectivity index (χ3v) is 1.99. The van der Waals surface area contributed by atoms with E-state index in [-0.39, 0.29) is 0 Å². The van der Waals surface area contributed by atoms with Crippen LogP contribution >= 0.6 is 0 Å². The van der Waals surface area contributed by atoms with Crippen LogP contribution in [0.4, 0.5) is 43.9 Å². The summed E-state index contributed by atoms with van der Waals surface area (Å²) in [5.41, 5.74) is -11.5. The Kier molecular flexibility index (Phi) is 4.31. The van der Waals surface area contributed by atoms with Gasteiger partial charge in [0.25, 0.3) is 11.3 Å². The second kappa shape index (κ2) is 4.57. The highest BCUT2D eigenvalue weighted by atomic mass is 19.4. The monoisotopic (exact) mass is 294 g/mol. The zero-order valence-electron chi connectivity index (χ0n) is 8.10. The zero-order valence-corrected chi connectivity index (χ0v) is 8.10. The fourth-order valence-corrected chi connectivity index (χ4v) is 0.844. The van der Waals surface area contributed by atoms with Crippen molar-refractivity contribution in [1.29, 1.82) is 0 Å². The number of rotatable bonds is 4. The minimum Gasteiger partial charge on any atom is -0.291 e. The lowest BCUT2D eigenvalue weighted by atomic mass is 9.88. The summed E-state index contributed by atoms with van der Waals surface area (Å²) in [5.74, 6) is -3.90. The summed E-state index contributed by atoms with van der Waals surface area (Å²) in [6, 6.07) is 0. The van der Waals surface area contributed by atoms with Crippen LogP contribution in [0.5, 0.6) is 0 Å². The van der Waals surface area contributed by atoms with Crippen LogP contribution in [-0.2, 0) is 4.79 Å². The lowest BCUT2D eigenvalue weighted by molar-refractivity contribution is -0.262. The van der Waals surface area contributed by atoms with Crippen molar-refractivity contribution in [2.24, 2.45) is 0 Å². The molecule has 0 aromatic rings. The Balaban J connectivity index is 5.76. The van der Waals surface area contributed by atoms with Crippen molar-refractivity contribution in [3.05, 3.63) is 0 Å². The predicted octanol–water partition coefficient (Wildman–Crippen LogP) is 3.04. The van der Waals surface area contributed by atoms with Gasteiger partial charge in [-0.2, -0.15) is 26.3 Å². The number of alkyl halides is 10. The highest BCUT2D eigenvalue weighted by Gasteiger charge is 2.74. The van der Waals surface area contributed by atoms with E-state index >= 15 is 0 Å². The standard InChI is InChI=1S/C7H4F10O/c8-1-4(10,6(12,13)14)3(18)5(11,2-9)7(15,16)17/h1-2H2. The van der Waals surface area contributed by atoms with Gasteiger partial charge < -0.3 is 0 Å². The van der Waals surface area contributed by atoms with Gasteiger partial charge in [0, 0.05) is 0 Å². The van der Waals surface area contributed by atoms with E-state index in [1.165, 1.54) is 0 Å². The fourth-order valence-electron chi connectivity index (χ4n) is 0.844. The normalized spacial score (nSPS) is 20.1. The molecule has 0 bridgehead atoms. The number of hydrogen-bond donors (Lipinski definition) is 0. The molecule has 2 unspecified atom stereocenters. The maximum atomic E-state index is 12.9. The van der Waals surface area contributed by atoms with E-state index in [0.717, 1.165) is 0 Å². The lowest BCUT2D eigenvalue weighted by Crippen LogP contribution is -2.63. The number of hydrogen-bond acceptors (Lipinski definition) is 1. The first-order chi connectivity index (χ1) is 7.78. The van der Waals surface area contributed by atoms with E-state index in [2.05, 4.69) is 0 Å². The van der Waals surface area contributed by atoms with Crippen molar-refractivity contribution < 1.29 is 48.7 Å². The summed E-state index contributed by atoms with van der Waals surface area (Å²) >= 11 is 0. The molecule has 0 aromatic carbocycles. The first kappa shape index (κ1) is 17.0. The molecular formula is C7H4F10O. The minimum atomic E-state index is -6.45. The predicted molar refractivity (Wildman–Crippen MR) is 36.7 cm³/mol. The second-order valence-electron chi connectivity index (χ2n) is 3.19. The van der Waals surface area contributed by atoms with Crippen molar-refractivity contribution in [3.63, 3.8) is 0 Å². The second-order valence-corrected chi connectivity index (χ2v) is 3.19. The number of halogens is 10. The first-order valence-corrected chi connectivity index (χ1v) is 3.96. The molecule has 0 fully saturated rings. The quantitative estimate of drug-likeness (QED) is 0.728. The number of ketones is 1. The van der Waals surface area contributed by atoms with Gasteiger partial charge in [0.1, 0.15) is 13.3 Å². The van der Waals surface area contributed by atoms with Crippen molar-refractivity contribution in [2.45, 2.75) is 23.7 Å². The SMILES string of the molecule is O=C(C(F)(CF)C(F)(F)F)C(F)(CF)C(F)(F)F. The zero-order chi connectivity index (χ0) is 15.0. The lowest BCUT2D eigenvalue weighted by Gasteiger charge is -2.31. The van der Waals surface area contributed by atoms with Crippen LogP contribution in [0.2, 0.25) is 0 Å². The van der Waals surface area contributed by atoms with Crippen LogP contribution in [0.3, 0.4) is 0 Å². The Morgan fingerprint density at radius 2 is 0.889 bits per heavy atom. The van der Waals surface area contributed by atoms with Gasteiger partial charge in [0.2, 0.25) is 5.78 Å². The van der Waals surface area contributed by atoms with E-state index in [1.54, 1.807) is 0 Å². The summed E-state index contributed by atoms with van der Waals surface area (Å²) in [6.45, 7) is -6.59. The Morgan fingerprint density at radius 1 is 0.667 bits per heavy atom. The Hall–Kier alpha value is -1.03. The topological polar surface area (TPSA) is 17.1 Å². The average Bonchev–Trinajstić information content (AvgIpc) is 2.22. The molecule has 1 nitrogen and oxygen atoms in total. The minimum absolute atomic E-state index is 3.29. The van der Waals surface area contributed by atoms with Gasteiger partial charge >= 0.3 is 12.4 Å². The van der Waals surface area contributed by atoms with E-state index < -0.39 is 42.8 Å². The van der Waals surface area contributed by atoms with Crippen molar-refractivity contribution in [3.8, 4) is 0 Å². The molecule has 0 aliphatic heterocycles. The number of carbonyl (C=O) groups is 1. The van der Waals surface area contributed by atoms with Crippen LogP contribution < -0.4 is 0 Å². The molecular weight excluding hydrogens is 290 g/mol. The van der Waals surface area contributed by atoms with Gasteiger partial charge in [0.05, 0.1) is 0 Å². The van der Waals surface area contributed by atoms with Crippen molar-refractivity contribution >= 4 is 5.78 Å². The summed E-state index contributed by atoms with van der Waals surface area (Å²) in [5, 5.41) is 0. The third-order valence-electron chi connectivity index (χ3n) is 1.99. The van der Waals surface area contributed by atoms with E-state index in [1.807, 2.05) is 0 Å². The molecule has 0 rings (SSSR count). The van der Waals surface area contributed by atoms with E-state index in [0.29, 0.717) is 0 Å². The summed E-state index contributed by atoms with van der Waals surface area (Å²) in [4.78, 5) is 10.6. The molecule has 11 heteroatoms. The molecule has 2 atom stereocenters. The smallest absolute Gasteiger partial charge is 0.291 e. The van der Waals surface area contributed by atoms with Crippen LogP contribution in [0.25, 0.3) is 0 Å². The Bertz CT molecular complexity index is 289. The molecule has 0 saturated heterocycles.